The summed E-state index contributed by atoms with van der Waals surface area (Å²) in [5, 5.41) is 6.98. The summed E-state index contributed by atoms with van der Waals surface area (Å²) in [6.07, 6.45) is 1.88. The number of thiophene rings is 1. The quantitative estimate of drug-likeness (QED) is 0.273. The first-order valence-corrected chi connectivity index (χ1v) is 11.8. The second-order valence-electron chi connectivity index (χ2n) is 9.36. The lowest BCUT2D eigenvalue weighted by molar-refractivity contribution is 0.596. The van der Waals surface area contributed by atoms with E-state index >= 15 is 0 Å². The maximum atomic E-state index is 6.44. The molecular formula is C29H23NOS. The third kappa shape index (κ3) is 3.12. The molecule has 0 atom stereocenters. The van der Waals surface area contributed by atoms with Crippen molar-refractivity contribution in [3.05, 3.63) is 89.9 Å². The Kier molecular flexibility index (Phi) is 4.24. The molecule has 0 saturated carbocycles. The SMILES string of the molecule is CC(C)(C)c1cc(-c2nccc3cc(-c4ccc5ccsc5c4)oc23)cc2ccccc12. The summed E-state index contributed by atoms with van der Waals surface area (Å²) in [6, 6.07) is 25.9. The summed E-state index contributed by atoms with van der Waals surface area (Å²) >= 11 is 1.75. The number of hydrogen-bond acceptors (Lipinski definition) is 3. The van der Waals surface area contributed by atoms with E-state index in [1.165, 1.54) is 26.4 Å². The second kappa shape index (κ2) is 7.04. The first-order chi connectivity index (χ1) is 15.5. The molecule has 0 aliphatic heterocycles. The van der Waals surface area contributed by atoms with Gasteiger partial charge in [0.05, 0.1) is 0 Å². The molecule has 3 aromatic heterocycles. The molecule has 2 nitrogen and oxygen atoms in total. The van der Waals surface area contributed by atoms with Crippen LogP contribution < -0.4 is 0 Å². The predicted octanol–water partition coefficient (Wildman–Crippen LogP) is 8.83. The highest BCUT2D eigenvalue weighted by Gasteiger charge is 2.20. The van der Waals surface area contributed by atoms with Gasteiger partial charge in [-0.15, -0.1) is 11.3 Å². The largest absolute Gasteiger partial charge is 0.454 e. The molecule has 0 aliphatic carbocycles. The van der Waals surface area contributed by atoms with Gasteiger partial charge in [-0.05, 0) is 68.9 Å². The monoisotopic (exact) mass is 433 g/mol. The highest BCUT2D eigenvalue weighted by molar-refractivity contribution is 7.17. The lowest BCUT2D eigenvalue weighted by Crippen LogP contribution is -2.12. The molecule has 0 unspecified atom stereocenters. The molecule has 0 bridgehead atoms. The number of fused-ring (bicyclic) bond motifs is 3. The minimum absolute atomic E-state index is 0.0218. The van der Waals surface area contributed by atoms with E-state index in [0.29, 0.717) is 0 Å². The van der Waals surface area contributed by atoms with E-state index in [4.69, 9.17) is 9.40 Å². The van der Waals surface area contributed by atoms with Crippen LogP contribution in [0.3, 0.4) is 0 Å². The molecule has 6 rings (SSSR count). The second-order valence-corrected chi connectivity index (χ2v) is 10.3. The van der Waals surface area contributed by atoms with Gasteiger partial charge in [0.1, 0.15) is 11.5 Å². The van der Waals surface area contributed by atoms with Crippen molar-refractivity contribution in [3.8, 4) is 22.6 Å². The van der Waals surface area contributed by atoms with Gasteiger partial charge in [0.2, 0.25) is 0 Å². The molecule has 3 heterocycles. The lowest BCUT2D eigenvalue weighted by atomic mass is 9.82. The molecule has 0 saturated heterocycles. The zero-order chi connectivity index (χ0) is 21.9. The van der Waals surface area contributed by atoms with E-state index in [1.54, 1.807) is 11.3 Å². The number of benzene rings is 3. The van der Waals surface area contributed by atoms with E-state index in [2.05, 4.69) is 92.9 Å². The van der Waals surface area contributed by atoms with Crippen molar-refractivity contribution < 1.29 is 4.42 Å². The number of rotatable bonds is 2. The fourth-order valence-electron chi connectivity index (χ4n) is 4.49. The highest BCUT2D eigenvalue weighted by atomic mass is 32.1. The molecule has 0 amide bonds. The van der Waals surface area contributed by atoms with Crippen molar-refractivity contribution in [2.45, 2.75) is 26.2 Å². The summed E-state index contributed by atoms with van der Waals surface area (Å²) in [6.45, 7) is 6.79. The molecule has 156 valence electrons. The first kappa shape index (κ1) is 19.3. The standard InChI is InChI=1S/C29H23NOS/c1-29(2,3)24-15-22(14-19-6-4-5-7-23(19)24)27-28-21(10-12-30-27)16-25(31-28)20-9-8-18-11-13-32-26(18)17-20/h4-17H,1-3H3. The van der Waals surface area contributed by atoms with Crippen LogP contribution in [0.1, 0.15) is 26.3 Å². The average molecular weight is 434 g/mol. The van der Waals surface area contributed by atoms with Gasteiger partial charge >= 0.3 is 0 Å². The van der Waals surface area contributed by atoms with E-state index < -0.39 is 0 Å². The number of nitrogens with zero attached hydrogens (tertiary/aromatic N) is 1. The van der Waals surface area contributed by atoms with Crippen LogP contribution in [0, 0.1) is 0 Å². The molecule has 6 aromatic rings. The maximum Gasteiger partial charge on any atom is 0.161 e. The van der Waals surface area contributed by atoms with Gasteiger partial charge < -0.3 is 4.42 Å². The molecular weight excluding hydrogens is 410 g/mol. The first-order valence-electron chi connectivity index (χ1n) is 10.9. The molecule has 0 spiro atoms. The van der Waals surface area contributed by atoms with Gasteiger partial charge in [0, 0.05) is 27.4 Å². The summed E-state index contributed by atoms with van der Waals surface area (Å²) < 4.78 is 7.71. The van der Waals surface area contributed by atoms with Crippen molar-refractivity contribution in [2.75, 3.05) is 0 Å². The van der Waals surface area contributed by atoms with Gasteiger partial charge in [-0.3, -0.25) is 4.98 Å². The Bertz CT molecular complexity index is 1610. The molecule has 0 aliphatic rings. The minimum atomic E-state index is 0.0218. The van der Waals surface area contributed by atoms with Gasteiger partial charge in [0.15, 0.2) is 5.58 Å². The van der Waals surface area contributed by atoms with Gasteiger partial charge in [-0.2, -0.15) is 0 Å². The highest BCUT2D eigenvalue weighted by Crippen LogP contribution is 2.38. The number of aromatic nitrogens is 1. The van der Waals surface area contributed by atoms with E-state index in [9.17, 15) is 0 Å². The summed E-state index contributed by atoms with van der Waals surface area (Å²) in [5.74, 6) is 0.876. The van der Waals surface area contributed by atoms with Crippen LogP contribution in [-0.2, 0) is 5.41 Å². The molecule has 0 radical (unpaired) electrons. The van der Waals surface area contributed by atoms with Crippen molar-refractivity contribution >= 4 is 43.2 Å². The Labute approximate surface area is 191 Å². The van der Waals surface area contributed by atoms with E-state index in [1.807, 2.05) is 12.3 Å². The third-order valence-corrected chi connectivity index (χ3v) is 7.00. The van der Waals surface area contributed by atoms with Crippen molar-refractivity contribution in [3.63, 3.8) is 0 Å². The normalized spacial score (nSPS) is 12.2. The third-order valence-electron chi connectivity index (χ3n) is 6.12. The summed E-state index contributed by atoms with van der Waals surface area (Å²) in [5.41, 5.74) is 5.25. The predicted molar refractivity (Wildman–Crippen MR) is 136 cm³/mol. The Morgan fingerprint density at radius 3 is 2.53 bits per heavy atom. The van der Waals surface area contributed by atoms with Gasteiger partial charge in [-0.25, -0.2) is 0 Å². The number of hydrogen-bond donors (Lipinski definition) is 0. The Morgan fingerprint density at radius 2 is 1.66 bits per heavy atom. The van der Waals surface area contributed by atoms with Gasteiger partial charge in [-0.1, -0.05) is 57.2 Å². The number of pyridine rings is 1. The topological polar surface area (TPSA) is 26.0 Å². The fourth-order valence-corrected chi connectivity index (χ4v) is 5.32. The van der Waals surface area contributed by atoms with Gasteiger partial charge in [0.25, 0.3) is 0 Å². The fraction of sp³-hybridized carbons (Fsp3) is 0.138. The molecule has 3 heteroatoms. The van der Waals surface area contributed by atoms with Crippen LogP contribution in [0.2, 0.25) is 0 Å². The molecule has 32 heavy (non-hydrogen) atoms. The van der Waals surface area contributed by atoms with Crippen LogP contribution >= 0.6 is 11.3 Å². The van der Waals surface area contributed by atoms with Crippen LogP contribution in [0.15, 0.2) is 88.8 Å². The minimum Gasteiger partial charge on any atom is -0.454 e. The van der Waals surface area contributed by atoms with Crippen LogP contribution in [-0.4, -0.2) is 4.98 Å². The maximum absolute atomic E-state index is 6.44. The van der Waals surface area contributed by atoms with E-state index in [0.717, 1.165) is 33.6 Å². The van der Waals surface area contributed by atoms with Crippen molar-refractivity contribution in [1.82, 2.24) is 4.98 Å². The zero-order valence-corrected chi connectivity index (χ0v) is 19.2. The molecule has 3 aromatic carbocycles. The van der Waals surface area contributed by atoms with Crippen molar-refractivity contribution in [1.29, 1.82) is 0 Å². The summed E-state index contributed by atoms with van der Waals surface area (Å²) in [7, 11) is 0. The van der Waals surface area contributed by atoms with Crippen LogP contribution in [0.25, 0.3) is 54.4 Å². The van der Waals surface area contributed by atoms with Crippen molar-refractivity contribution in [2.24, 2.45) is 0 Å². The Balaban J connectivity index is 1.56. The van der Waals surface area contributed by atoms with Crippen LogP contribution in [0.5, 0.6) is 0 Å². The lowest BCUT2D eigenvalue weighted by Gasteiger charge is -2.22. The van der Waals surface area contributed by atoms with Crippen LogP contribution in [0.4, 0.5) is 0 Å². The Hall–Kier alpha value is -3.43. The molecule has 0 fully saturated rings. The summed E-state index contributed by atoms with van der Waals surface area (Å²) in [4.78, 5) is 4.76. The average Bonchev–Trinajstić information content (AvgIpc) is 3.43. The Morgan fingerprint density at radius 1 is 0.781 bits per heavy atom. The smallest absolute Gasteiger partial charge is 0.161 e. The van der Waals surface area contributed by atoms with E-state index in [-0.39, 0.29) is 5.41 Å². The number of furan rings is 1. The zero-order valence-electron chi connectivity index (χ0n) is 18.3. The molecule has 0 N–H and O–H groups in total.